The first-order valence-corrected chi connectivity index (χ1v) is 5.99. The van der Waals surface area contributed by atoms with E-state index in [-0.39, 0.29) is 0 Å². The molecule has 1 aliphatic rings. The minimum atomic E-state index is 0.804. The Bertz CT molecular complexity index is 239. The summed E-state index contributed by atoms with van der Waals surface area (Å²) in [5, 5.41) is 0. The van der Waals surface area contributed by atoms with Gasteiger partial charge in [-0.2, -0.15) is 0 Å². The molecule has 0 aliphatic heterocycles. The fourth-order valence-corrected chi connectivity index (χ4v) is 1.75. The summed E-state index contributed by atoms with van der Waals surface area (Å²) in [7, 11) is 0. The van der Waals surface area contributed by atoms with Gasteiger partial charge in [-0.1, -0.05) is 19.9 Å². The van der Waals surface area contributed by atoms with E-state index in [2.05, 4.69) is 37.8 Å². The molecule has 0 N–H and O–H groups in total. The topological polar surface area (TPSA) is 12.5 Å². The van der Waals surface area contributed by atoms with E-state index in [0.29, 0.717) is 0 Å². The molecule has 0 saturated heterocycles. The average molecular weight is 209 g/mol. The SMILES string of the molecule is CCN(CC)CCOC1=C(C)CCC=C1. The Kier molecular flexibility index (Phi) is 5.48. The van der Waals surface area contributed by atoms with E-state index < -0.39 is 0 Å². The van der Waals surface area contributed by atoms with E-state index in [1.807, 2.05) is 0 Å². The molecule has 15 heavy (non-hydrogen) atoms. The van der Waals surface area contributed by atoms with Crippen LogP contribution < -0.4 is 0 Å². The van der Waals surface area contributed by atoms with Crippen LogP contribution in [0.15, 0.2) is 23.5 Å². The second kappa shape index (κ2) is 6.67. The van der Waals surface area contributed by atoms with Gasteiger partial charge in [0.2, 0.25) is 0 Å². The highest BCUT2D eigenvalue weighted by Crippen LogP contribution is 2.18. The fourth-order valence-electron chi connectivity index (χ4n) is 1.75. The lowest BCUT2D eigenvalue weighted by atomic mass is 10.1. The first-order chi connectivity index (χ1) is 7.27. The summed E-state index contributed by atoms with van der Waals surface area (Å²) in [5.41, 5.74) is 1.39. The van der Waals surface area contributed by atoms with Gasteiger partial charge >= 0.3 is 0 Å². The fraction of sp³-hybridized carbons (Fsp3) is 0.692. The zero-order chi connectivity index (χ0) is 11.1. The zero-order valence-electron chi connectivity index (χ0n) is 10.3. The molecule has 0 saturated carbocycles. The molecule has 86 valence electrons. The summed E-state index contributed by atoms with van der Waals surface area (Å²) in [6.07, 6.45) is 6.62. The average Bonchev–Trinajstić information content (AvgIpc) is 2.27. The number of hydrogen-bond donors (Lipinski definition) is 0. The van der Waals surface area contributed by atoms with Gasteiger partial charge in [0.15, 0.2) is 0 Å². The Balaban J connectivity index is 2.28. The number of rotatable bonds is 6. The summed E-state index contributed by atoms with van der Waals surface area (Å²) < 4.78 is 5.78. The van der Waals surface area contributed by atoms with Crippen molar-refractivity contribution in [1.82, 2.24) is 4.90 Å². The third-order valence-electron chi connectivity index (χ3n) is 2.94. The van der Waals surface area contributed by atoms with Crippen LogP contribution in [-0.4, -0.2) is 31.1 Å². The molecule has 0 amide bonds. The van der Waals surface area contributed by atoms with Crippen molar-refractivity contribution in [2.75, 3.05) is 26.2 Å². The van der Waals surface area contributed by atoms with Crippen molar-refractivity contribution in [3.8, 4) is 0 Å². The predicted molar refractivity (Wildman–Crippen MR) is 64.8 cm³/mol. The van der Waals surface area contributed by atoms with Crippen molar-refractivity contribution in [3.63, 3.8) is 0 Å². The van der Waals surface area contributed by atoms with Gasteiger partial charge in [-0.25, -0.2) is 0 Å². The number of hydrogen-bond acceptors (Lipinski definition) is 2. The van der Waals surface area contributed by atoms with Crippen molar-refractivity contribution < 1.29 is 4.74 Å². The van der Waals surface area contributed by atoms with Gasteiger partial charge in [-0.05, 0) is 44.5 Å². The van der Waals surface area contributed by atoms with Gasteiger partial charge in [0.05, 0.1) is 0 Å². The van der Waals surface area contributed by atoms with E-state index in [1.54, 1.807) is 0 Å². The van der Waals surface area contributed by atoms with Gasteiger partial charge in [-0.15, -0.1) is 0 Å². The van der Waals surface area contributed by atoms with E-state index in [4.69, 9.17) is 4.74 Å². The summed E-state index contributed by atoms with van der Waals surface area (Å²) >= 11 is 0. The molecular formula is C13H23NO. The number of allylic oxidation sites excluding steroid dienone is 3. The minimum absolute atomic E-state index is 0.804. The molecule has 0 bridgehead atoms. The molecule has 0 radical (unpaired) electrons. The molecule has 0 aromatic heterocycles. The second-order valence-electron chi connectivity index (χ2n) is 3.96. The number of ether oxygens (including phenoxy) is 1. The van der Waals surface area contributed by atoms with Crippen LogP contribution in [0.5, 0.6) is 0 Å². The van der Waals surface area contributed by atoms with Crippen molar-refractivity contribution in [2.45, 2.75) is 33.6 Å². The van der Waals surface area contributed by atoms with E-state index >= 15 is 0 Å². The zero-order valence-corrected chi connectivity index (χ0v) is 10.3. The monoisotopic (exact) mass is 209 g/mol. The molecule has 0 atom stereocenters. The van der Waals surface area contributed by atoms with Crippen LogP contribution in [0, 0.1) is 0 Å². The molecular weight excluding hydrogens is 186 g/mol. The number of nitrogens with zero attached hydrogens (tertiary/aromatic N) is 1. The van der Waals surface area contributed by atoms with Crippen LogP contribution in [0.25, 0.3) is 0 Å². The van der Waals surface area contributed by atoms with Crippen LogP contribution in [0.2, 0.25) is 0 Å². The van der Waals surface area contributed by atoms with Crippen LogP contribution in [0.4, 0.5) is 0 Å². The summed E-state index contributed by atoms with van der Waals surface area (Å²) in [4.78, 5) is 2.38. The first-order valence-electron chi connectivity index (χ1n) is 5.99. The van der Waals surface area contributed by atoms with Crippen molar-refractivity contribution in [1.29, 1.82) is 0 Å². The maximum absolute atomic E-state index is 5.78. The van der Waals surface area contributed by atoms with Gasteiger partial charge in [-0.3, -0.25) is 0 Å². The lowest BCUT2D eigenvalue weighted by Crippen LogP contribution is -2.27. The third-order valence-corrected chi connectivity index (χ3v) is 2.94. The highest BCUT2D eigenvalue weighted by atomic mass is 16.5. The molecule has 0 spiro atoms. The van der Waals surface area contributed by atoms with Crippen LogP contribution in [0.1, 0.15) is 33.6 Å². The maximum atomic E-state index is 5.78. The second-order valence-corrected chi connectivity index (χ2v) is 3.96. The van der Waals surface area contributed by atoms with Crippen LogP contribution in [0.3, 0.4) is 0 Å². The molecule has 0 unspecified atom stereocenters. The Morgan fingerprint density at radius 1 is 1.33 bits per heavy atom. The molecule has 1 aliphatic carbocycles. The Morgan fingerprint density at radius 3 is 2.67 bits per heavy atom. The number of likely N-dealkylation sites (N-methyl/N-ethyl adjacent to an activating group) is 1. The molecule has 1 rings (SSSR count). The smallest absolute Gasteiger partial charge is 0.117 e. The molecule has 0 fully saturated rings. The molecule has 0 heterocycles. The normalized spacial score (nSPS) is 16.3. The molecule has 2 nitrogen and oxygen atoms in total. The molecule has 0 aromatic carbocycles. The predicted octanol–water partition coefficient (Wildman–Crippen LogP) is 2.97. The Labute approximate surface area is 93.6 Å². The quantitative estimate of drug-likeness (QED) is 0.667. The highest BCUT2D eigenvalue weighted by Gasteiger charge is 2.05. The Morgan fingerprint density at radius 2 is 2.07 bits per heavy atom. The van der Waals surface area contributed by atoms with Gasteiger partial charge < -0.3 is 9.64 Å². The van der Waals surface area contributed by atoms with E-state index in [0.717, 1.165) is 44.8 Å². The van der Waals surface area contributed by atoms with Crippen LogP contribution in [-0.2, 0) is 4.74 Å². The Hall–Kier alpha value is -0.760. The van der Waals surface area contributed by atoms with Crippen molar-refractivity contribution in [2.24, 2.45) is 0 Å². The third kappa shape index (κ3) is 4.08. The highest BCUT2D eigenvalue weighted by molar-refractivity contribution is 5.22. The van der Waals surface area contributed by atoms with Gasteiger partial charge in [0.1, 0.15) is 12.4 Å². The summed E-state index contributed by atoms with van der Waals surface area (Å²) in [6.45, 7) is 10.6. The van der Waals surface area contributed by atoms with Crippen LogP contribution >= 0.6 is 0 Å². The van der Waals surface area contributed by atoms with E-state index in [9.17, 15) is 0 Å². The standard InChI is InChI=1S/C13H23NO/c1-4-14(5-2)10-11-15-13-9-7-6-8-12(13)3/h7,9H,4-6,8,10-11H2,1-3H3. The molecule has 2 heteroatoms. The maximum Gasteiger partial charge on any atom is 0.117 e. The summed E-state index contributed by atoms with van der Waals surface area (Å²) in [5.74, 6) is 1.09. The van der Waals surface area contributed by atoms with Gasteiger partial charge in [0, 0.05) is 6.54 Å². The molecule has 0 aromatic rings. The van der Waals surface area contributed by atoms with Crippen molar-refractivity contribution in [3.05, 3.63) is 23.5 Å². The minimum Gasteiger partial charge on any atom is -0.492 e. The lowest BCUT2D eigenvalue weighted by Gasteiger charge is -2.19. The summed E-state index contributed by atoms with van der Waals surface area (Å²) in [6, 6.07) is 0. The first kappa shape index (κ1) is 12.3. The largest absolute Gasteiger partial charge is 0.492 e. The lowest BCUT2D eigenvalue weighted by molar-refractivity contribution is 0.168. The van der Waals surface area contributed by atoms with Crippen molar-refractivity contribution >= 4 is 0 Å². The van der Waals surface area contributed by atoms with E-state index in [1.165, 1.54) is 5.57 Å². The van der Waals surface area contributed by atoms with Gasteiger partial charge in [0.25, 0.3) is 0 Å².